The van der Waals surface area contributed by atoms with Gasteiger partial charge in [0.25, 0.3) is 0 Å². The number of hydrogen-bond donors (Lipinski definition) is 1. The number of hydrogen-bond acceptors (Lipinski definition) is 4. The number of likely N-dealkylation sites (tertiary alicyclic amines) is 1. The lowest BCUT2D eigenvalue weighted by molar-refractivity contribution is -0.119. The van der Waals surface area contributed by atoms with Gasteiger partial charge in [-0.3, -0.25) is 10.1 Å². The van der Waals surface area contributed by atoms with Gasteiger partial charge >= 0.3 is 6.09 Å². The van der Waals surface area contributed by atoms with Crippen LogP contribution in [-0.4, -0.2) is 45.1 Å². The SMILES string of the molecule is Cn1c(NC(=O)C2CCN(C(=O)OC(C)(C)C)C2)nc2cc(Cl)ccc21. The van der Waals surface area contributed by atoms with Crippen molar-refractivity contribution in [3.63, 3.8) is 0 Å². The predicted molar refractivity (Wildman–Crippen MR) is 100 cm³/mol. The quantitative estimate of drug-likeness (QED) is 0.868. The van der Waals surface area contributed by atoms with E-state index in [9.17, 15) is 9.59 Å². The smallest absolute Gasteiger partial charge is 0.410 e. The molecule has 2 aromatic rings. The van der Waals surface area contributed by atoms with E-state index in [0.29, 0.717) is 30.5 Å². The summed E-state index contributed by atoms with van der Waals surface area (Å²) in [6.45, 7) is 6.32. The molecule has 3 rings (SSSR count). The number of aryl methyl sites for hydroxylation is 1. The molecular formula is C18H23ClN4O3. The van der Waals surface area contributed by atoms with Crippen molar-refractivity contribution in [1.82, 2.24) is 14.5 Å². The fraction of sp³-hybridized carbons (Fsp3) is 0.500. The highest BCUT2D eigenvalue weighted by molar-refractivity contribution is 6.31. The van der Waals surface area contributed by atoms with E-state index < -0.39 is 5.60 Å². The lowest BCUT2D eigenvalue weighted by Crippen LogP contribution is -2.36. The first-order chi connectivity index (χ1) is 12.1. The zero-order valence-corrected chi connectivity index (χ0v) is 16.1. The van der Waals surface area contributed by atoms with Crippen LogP contribution in [-0.2, 0) is 16.6 Å². The van der Waals surface area contributed by atoms with Crippen LogP contribution in [0, 0.1) is 5.92 Å². The number of nitrogens with one attached hydrogen (secondary N) is 1. The average Bonchev–Trinajstić information content (AvgIpc) is 3.12. The summed E-state index contributed by atoms with van der Waals surface area (Å²) in [4.78, 5) is 30.7. The molecule has 1 aliphatic heterocycles. The van der Waals surface area contributed by atoms with Crippen LogP contribution in [0.5, 0.6) is 0 Å². The minimum absolute atomic E-state index is 0.152. The molecule has 1 N–H and O–H groups in total. The highest BCUT2D eigenvalue weighted by atomic mass is 35.5. The molecule has 1 atom stereocenters. The van der Waals surface area contributed by atoms with Crippen LogP contribution in [0.25, 0.3) is 11.0 Å². The van der Waals surface area contributed by atoms with Gasteiger partial charge in [0.1, 0.15) is 5.60 Å². The molecule has 0 saturated carbocycles. The van der Waals surface area contributed by atoms with E-state index >= 15 is 0 Å². The first kappa shape index (κ1) is 18.5. The van der Waals surface area contributed by atoms with Gasteiger partial charge in [0.05, 0.1) is 17.0 Å². The molecule has 0 bridgehead atoms. The van der Waals surface area contributed by atoms with Crippen molar-refractivity contribution < 1.29 is 14.3 Å². The number of amides is 2. The highest BCUT2D eigenvalue weighted by Gasteiger charge is 2.33. The second-order valence-corrected chi connectivity index (χ2v) is 7.97. The Morgan fingerprint density at radius 3 is 2.77 bits per heavy atom. The molecule has 0 aliphatic carbocycles. The Labute approximate surface area is 157 Å². The number of fused-ring (bicyclic) bond motifs is 1. The molecule has 1 unspecified atom stereocenters. The van der Waals surface area contributed by atoms with Crippen LogP contribution in [0.1, 0.15) is 27.2 Å². The monoisotopic (exact) mass is 378 g/mol. The van der Waals surface area contributed by atoms with Gasteiger partial charge in [0.2, 0.25) is 11.9 Å². The van der Waals surface area contributed by atoms with Crippen molar-refractivity contribution in [2.45, 2.75) is 32.8 Å². The van der Waals surface area contributed by atoms with E-state index in [0.717, 1.165) is 11.0 Å². The van der Waals surface area contributed by atoms with Crippen LogP contribution >= 0.6 is 11.6 Å². The molecule has 26 heavy (non-hydrogen) atoms. The first-order valence-corrected chi connectivity index (χ1v) is 8.92. The number of anilines is 1. The molecule has 140 valence electrons. The lowest BCUT2D eigenvalue weighted by Gasteiger charge is -2.24. The largest absolute Gasteiger partial charge is 0.444 e. The molecule has 2 heterocycles. The minimum Gasteiger partial charge on any atom is -0.444 e. The van der Waals surface area contributed by atoms with E-state index in [4.69, 9.17) is 16.3 Å². The van der Waals surface area contributed by atoms with E-state index in [-0.39, 0.29) is 17.9 Å². The summed E-state index contributed by atoms with van der Waals surface area (Å²) >= 11 is 6.00. The van der Waals surface area contributed by atoms with Crippen molar-refractivity contribution >= 4 is 40.6 Å². The summed E-state index contributed by atoms with van der Waals surface area (Å²) in [6, 6.07) is 5.40. The Hall–Kier alpha value is -2.28. The zero-order chi connectivity index (χ0) is 19.1. The summed E-state index contributed by atoms with van der Waals surface area (Å²) in [5.41, 5.74) is 1.05. The van der Waals surface area contributed by atoms with Gasteiger partial charge in [-0.15, -0.1) is 0 Å². The van der Waals surface area contributed by atoms with Crippen molar-refractivity contribution in [2.24, 2.45) is 13.0 Å². The van der Waals surface area contributed by atoms with Crippen molar-refractivity contribution in [2.75, 3.05) is 18.4 Å². The third kappa shape index (κ3) is 3.93. The van der Waals surface area contributed by atoms with E-state index in [1.165, 1.54) is 0 Å². The van der Waals surface area contributed by atoms with Crippen LogP contribution in [0.15, 0.2) is 18.2 Å². The molecule has 1 fully saturated rings. The van der Waals surface area contributed by atoms with Gasteiger partial charge in [0, 0.05) is 25.2 Å². The van der Waals surface area contributed by atoms with Crippen molar-refractivity contribution in [3.05, 3.63) is 23.2 Å². The topological polar surface area (TPSA) is 76.5 Å². The Bertz CT molecular complexity index is 856. The first-order valence-electron chi connectivity index (χ1n) is 8.55. The second kappa shape index (κ2) is 6.79. The van der Waals surface area contributed by atoms with Crippen molar-refractivity contribution in [3.8, 4) is 0 Å². The molecular weight excluding hydrogens is 356 g/mol. The average molecular weight is 379 g/mol. The molecule has 1 saturated heterocycles. The zero-order valence-electron chi connectivity index (χ0n) is 15.4. The predicted octanol–water partition coefficient (Wildman–Crippen LogP) is 3.42. The third-order valence-corrected chi connectivity index (χ3v) is 4.52. The Kier molecular flexibility index (Phi) is 4.84. The number of nitrogens with zero attached hydrogens (tertiary/aromatic N) is 3. The number of carbonyl (C=O) groups excluding carboxylic acids is 2. The fourth-order valence-electron chi connectivity index (χ4n) is 2.96. The molecule has 1 aliphatic rings. The number of carbonyl (C=O) groups is 2. The van der Waals surface area contributed by atoms with Gasteiger partial charge in [0.15, 0.2) is 0 Å². The maximum atomic E-state index is 12.6. The van der Waals surface area contributed by atoms with Gasteiger partial charge in [-0.25, -0.2) is 9.78 Å². The van der Waals surface area contributed by atoms with E-state index in [1.807, 2.05) is 38.5 Å². The summed E-state index contributed by atoms with van der Waals surface area (Å²) in [7, 11) is 1.83. The van der Waals surface area contributed by atoms with Gasteiger partial charge in [-0.1, -0.05) is 11.6 Å². The fourth-order valence-corrected chi connectivity index (χ4v) is 3.13. The van der Waals surface area contributed by atoms with E-state index in [1.54, 1.807) is 17.0 Å². The van der Waals surface area contributed by atoms with E-state index in [2.05, 4.69) is 10.3 Å². The number of aromatic nitrogens is 2. The summed E-state index contributed by atoms with van der Waals surface area (Å²) < 4.78 is 7.17. The normalized spacial score (nSPS) is 17.6. The number of halogens is 1. The molecule has 7 nitrogen and oxygen atoms in total. The highest BCUT2D eigenvalue weighted by Crippen LogP contribution is 2.24. The summed E-state index contributed by atoms with van der Waals surface area (Å²) in [5, 5.41) is 3.45. The third-order valence-electron chi connectivity index (χ3n) is 4.29. The standard InChI is InChI=1S/C18H23ClN4O3/c1-18(2,3)26-17(25)23-8-7-11(10-23)15(24)21-16-20-13-9-12(19)5-6-14(13)22(16)4/h5-6,9,11H,7-8,10H2,1-4H3,(H,20,21,24). The van der Waals surface area contributed by atoms with Gasteiger partial charge in [-0.2, -0.15) is 0 Å². The molecule has 2 amide bonds. The van der Waals surface area contributed by atoms with Gasteiger partial charge < -0.3 is 14.2 Å². The number of benzene rings is 1. The lowest BCUT2D eigenvalue weighted by atomic mass is 10.1. The van der Waals surface area contributed by atoms with Crippen LogP contribution in [0.2, 0.25) is 5.02 Å². The second-order valence-electron chi connectivity index (χ2n) is 7.53. The molecule has 1 aromatic heterocycles. The number of imidazole rings is 1. The van der Waals surface area contributed by atoms with Crippen LogP contribution < -0.4 is 5.32 Å². The van der Waals surface area contributed by atoms with Gasteiger partial charge in [-0.05, 0) is 45.4 Å². The molecule has 1 aromatic carbocycles. The van der Waals surface area contributed by atoms with Crippen LogP contribution in [0.4, 0.5) is 10.7 Å². The minimum atomic E-state index is -0.550. The Morgan fingerprint density at radius 2 is 2.08 bits per heavy atom. The number of rotatable bonds is 2. The molecule has 8 heteroatoms. The summed E-state index contributed by atoms with van der Waals surface area (Å²) in [6.07, 6.45) is 0.214. The number of ether oxygens (including phenoxy) is 1. The summed E-state index contributed by atoms with van der Waals surface area (Å²) in [5.74, 6) is 0.0227. The molecule has 0 spiro atoms. The maximum Gasteiger partial charge on any atom is 0.410 e. The molecule has 0 radical (unpaired) electrons. The van der Waals surface area contributed by atoms with Crippen molar-refractivity contribution in [1.29, 1.82) is 0 Å². The Morgan fingerprint density at radius 1 is 1.35 bits per heavy atom. The Balaban J connectivity index is 1.66. The van der Waals surface area contributed by atoms with Crippen LogP contribution in [0.3, 0.4) is 0 Å². The maximum absolute atomic E-state index is 12.6.